The maximum atomic E-state index is 6.02. The van der Waals surface area contributed by atoms with Crippen molar-refractivity contribution in [1.29, 1.82) is 0 Å². The Morgan fingerprint density at radius 2 is 1.95 bits per heavy atom. The third kappa shape index (κ3) is 2.60. The molecule has 3 aromatic rings. The summed E-state index contributed by atoms with van der Waals surface area (Å²) in [5.74, 6) is 0.679. The second-order valence-electron chi connectivity index (χ2n) is 4.00. The largest absolute Gasteiger partial charge is 0.270 e. The van der Waals surface area contributed by atoms with E-state index in [0.717, 1.165) is 5.69 Å². The summed E-state index contributed by atoms with van der Waals surface area (Å²) in [5.41, 5.74) is 0.747. The number of hydrogen-bond acceptors (Lipinski definition) is 4. The Labute approximate surface area is 129 Å². The van der Waals surface area contributed by atoms with Gasteiger partial charge in [-0.1, -0.05) is 23.2 Å². The van der Waals surface area contributed by atoms with Crippen molar-refractivity contribution in [3.63, 3.8) is 0 Å². The molecular weight excluding hydrogens is 319 g/mol. The van der Waals surface area contributed by atoms with Gasteiger partial charge in [-0.3, -0.25) is 9.67 Å². The molecule has 1 aromatic carbocycles. The quantitative estimate of drug-likeness (QED) is 0.751. The fourth-order valence-electron chi connectivity index (χ4n) is 1.83. The maximum absolute atomic E-state index is 6.02. The van der Waals surface area contributed by atoms with E-state index in [-0.39, 0.29) is 0 Å². The van der Waals surface area contributed by atoms with Crippen LogP contribution in [0.1, 0.15) is 5.82 Å². The Morgan fingerprint density at radius 1 is 1.20 bits per heavy atom. The molecule has 0 unspecified atom stereocenters. The van der Waals surface area contributed by atoms with E-state index in [9.17, 15) is 0 Å². The highest BCUT2D eigenvalue weighted by atomic mass is 35.5. The van der Waals surface area contributed by atoms with Crippen LogP contribution in [0.3, 0.4) is 0 Å². The van der Waals surface area contributed by atoms with Crippen molar-refractivity contribution in [2.45, 2.75) is 6.54 Å². The van der Waals surface area contributed by atoms with Gasteiger partial charge in [-0.05, 0) is 30.4 Å². The van der Waals surface area contributed by atoms with Gasteiger partial charge in [0.25, 0.3) is 0 Å². The van der Waals surface area contributed by atoms with Crippen molar-refractivity contribution < 1.29 is 0 Å². The number of rotatable bonds is 3. The molecule has 0 radical (unpaired) electrons. The van der Waals surface area contributed by atoms with Gasteiger partial charge in [-0.15, -0.1) is 0 Å². The molecule has 20 heavy (non-hydrogen) atoms. The first-order chi connectivity index (χ1) is 9.63. The molecule has 1 N–H and O–H groups in total. The van der Waals surface area contributed by atoms with Gasteiger partial charge in [0.1, 0.15) is 19.2 Å². The normalized spacial score (nSPS) is 10.9. The van der Waals surface area contributed by atoms with Crippen molar-refractivity contribution in [3.05, 3.63) is 51.5 Å². The SMILES string of the molecule is S=c1[nH]nc(Cn2cncn2)n1-c1cc(Cl)cc(Cl)c1. The zero-order valence-corrected chi connectivity index (χ0v) is 12.3. The maximum Gasteiger partial charge on any atom is 0.199 e. The monoisotopic (exact) mass is 326 g/mol. The molecule has 0 fully saturated rings. The second-order valence-corrected chi connectivity index (χ2v) is 5.26. The predicted molar refractivity (Wildman–Crippen MR) is 77.9 cm³/mol. The standard InChI is InChI=1S/C11H8Cl2N6S/c12-7-1-8(13)3-9(2-7)19-10(16-17-11(19)20)4-18-6-14-5-15-18/h1-3,5-6H,4H2,(H,17,20). The minimum atomic E-state index is 0.428. The fraction of sp³-hybridized carbons (Fsp3) is 0.0909. The summed E-state index contributed by atoms with van der Waals surface area (Å²) in [6.07, 6.45) is 3.06. The van der Waals surface area contributed by atoms with E-state index in [1.54, 1.807) is 33.8 Å². The van der Waals surface area contributed by atoms with Crippen molar-refractivity contribution in [1.82, 2.24) is 29.5 Å². The second kappa shape index (κ2) is 5.35. The third-order valence-corrected chi connectivity index (χ3v) is 3.33. The minimum Gasteiger partial charge on any atom is -0.270 e. The van der Waals surface area contributed by atoms with Gasteiger partial charge < -0.3 is 0 Å². The highest BCUT2D eigenvalue weighted by Gasteiger charge is 2.10. The summed E-state index contributed by atoms with van der Waals surface area (Å²) in [6, 6.07) is 5.20. The lowest BCUT2D eigenvalue weighted by atomic mass is 10.3. The molecule has 9 heteroatoms. The number of aromatic amines is 1. The molecule has 2 aromatic heterocycles. The van der Waals surface area contributed by atoms with E-state index in [1.165, 1.54) is 6.33 Å². The Hall–Kier alpha value is -1.70. The molecule has 0 saturated heterocycles. The van der Waals surface area contributed by atoms with Gasteiger partial charge >= 0.3 is 0 Å². The molecule has 0 aliphatic heterocycles. The molecule has 6 nitrogen and oxygen atoms in total. The fourth-order valence-corrected chi connectivity index (χ4v) is 2.60. The predicted octanol–water partition coefficient (Wildman–Crippen LogP) is 2.88. The van der Waals surface area contributed by atoms with Gasteiger partial charge in [0, 0.05) is 10.0 Å². The van der Waals surface area contributed by atoms with E-state index < -0.39 is 0 Å². The van der Waals surface area contributed by atoms with E-state index >= 15 is 0 Å². The van der Waals surface area contributed by atoms with Crippen LogP contribution in [0.25, 0.3) is 5.69 Å². The van der Waals surface area contributed by atoms with Crippen molar-refractivity contribution in [2.75, 3.05) is 0 Å². The Morgan fingerprint density at radius 3 is 2.60 bits per heavy atom. The number of aromatic nitrogens is 6. The minimum absolute atomic E-state index is 0.428. The molecule has 0 saturated carbocycles. The zero-order chi connectivity index (χ0) is 14.1. The van der Waals surface area contributed by atoms with Crippen LogP contribution < -0.4 is 0 Å². The number of hydrogen-bond donors (Lipinski definition) is 1. The summed E-state index contributed by atoms with van der Waals surface area (Å²) in [7, 11) is 0. The van der Waals surface area contributed by atoms with Crippen molar-refractivity contribution in [2.24, 2.45) is 0 Å². The van der Waals surface area contributed by atoms with Crippen LogP contribution in [-0.4, -0.2) is 29.5 Å². The van der Waals surface area contributed by atoms with Gasteiger partial charge in [-0.25, -0.2) is 9.67 Å². The van der Waals surface area contributed by atoms with Gasteiger partial charge in [-0.2, -0.15) is 10.2 Å². The highest BCUT2D eigenvalue weighted by Crippen LogP contribution is 2.22. The van der Waals surface area contributed by atoms with E-state index in [1.807, 2.05) is 0 Å². The number of halogens is 2. The smallest absolute Gasteiger partial charge is 0.199 e. The van der Waals surface area contributed by atoms with Crippen molar-refractivity contribution in [3.8, 4) is 5.69 Å². The molecule has 0 spiro atoms. The molecule has 0 aliphatic rings. The first kappa shape index (κ1) is 13.3. The van der Waals surface area contributed by atoms with Gasteiger partial charge in [0.2, 0.25) is 0 Å². The first-order valence-electron chi connectivity index (χ1n) is 5.58. The Kier molecular flexibility index (Phi) is 3.56. The summed E-state index contributed by atoms with van der Waals surface area (Å²) in [5, 5.41) is 12.1. The number of nitrogens with zero attached hydrogens (tertiary/aromatic N) is 5. The Balaban J connectivity index is 2.09. The van der Waals surface area contributed by atoms with Crippen molar-refractivity contribution >= 4 is 35.4 Å². The molecule has 102 valence electrons. The first-order valence-corrected chi connectivity index (χ1v) is 6.75. The molecule has 2 heterocycles. The van der Waals surface area contributed by atoms with Crippen LogP contribution in [0.4, 0.5) is 0 Å². The lowest BCUT2D eigenvalue weighted by Gasteiger charge is -2.08. The van der Waals surface area contributed by atoms with Gasteiger partial charge in [0.05, 0.1) is 5.69 Å². The molecule has 0 atom stereocenters. The number of nitrogens with one attached hydrogen (secondary N) is 1. The zero-order valence-electron chi connectivity index (χ0n) is 9.99. The highest BCUT2D eigenvalue weighted by molar-refractivity contribution is 7.71. The number of benzene rings is 1. The van der Waals surface area contributed by atoms with E-state index in [2.05, 4.69) is 20.3 Å². The molecule has 0 bridgehead atoms. The van der Waals surface area contributed by atoms with Crippen LogP contribution in [0.2, 0.25) is 10.0 Å². The topological polar surface area (TPSA) is 64.3 Å². The summed E-state index contributed by atoms with van der Waals surface area (Å²) in [6.45, 7) is 0.428. The average molecular weight is 327 g/mol. The lowest BCUT2D eigenvalue weighted by molar-refractivity contribution is 0.642. The molecule has 3 rings (SSSR count). The molecule has 0 amide bonds. The lowest BCUT2D eigenvalue weighted by Crippen LogP contribution is -2.08. The van der Waals surface area contributed by atoms with E-state index in [4.69, 9.17) is 35.4 Å². The van der Waals surface area contributed by atoms with Crippen LogP contribution in [0.5, 0.6) is 0 Å². The van der Waals surface area contributed by atoms with Crippen LogP contribution in [0.15, 0.2) is 30.9 Å². The van der Waals surface area contributed by atoms with E-state index in [0.29, 0.717) is 27.2 Å². The third-order valence-electron chi connectivity index (χ3n) is 2.62. The molecular formula is C11H8Cl2N6S. The van der Waals surface area contributed by atoms with Crippen LogP contribution in [-0.2, 0) is 6.54 Å². The summed E-state index contributed by atoms with van der Waals surface area (Å²) < 4.78 is 3.86. The summed E-state index contributed by atoms with van der Waals surface area (Å²) in [4.78, 5) is 3.89. The Bertz CT molecular complexity index is 771. The van der Waals surface area contributed by atoms with Crippen LogP contribution >= 0.6 is 35.4 Å². The average Bonchev–Trinajstić information content (AvgIpc) is 2.99. The van der Waals surface area contributed by atoms with Gasteiger partial charge in [0.15, 0.2) is 10.6 Å². The number of H-pyrrole nitrogens is 1. The molecule has 0 aliphatic carbocycles. The van der Waals surface area contributed by atoms with Crippen LogP contribution in [0, 0.1) is 4.77 Å². The summed E-state index contributed by atoms with van der Waals surface area (Å²) >= 11 is 17.3.